The van der Waals surface area contributed by atoms with Crippen molar-refractivity contribution in [3.63, 3.8) is 0 Å². The van der Waals surface area contributed by atoms with Gasteiger partial charge in [-0.1, -0.05) is 0 Å². The van der Waals surface area contributed by atoms with Crippen molar-refractivity contribution in [1.29, 1.82) is 0 Å². The molecule has 1 saturated heterocycles. The lowest BCUT2D eigenvalue weighted by atomic mass is 10.2. The molecule has 2 rings (SSSR count). The molecule has 0 spiro atoms. The van der Waals surface area contributed by atoms with Crippen LogP contribution in [0.3, 0.4) is 0 Å². The number of carbonyl (C=O) groups is 2. The number of aromatic carboxylic acids is 1. The fourth-order valence-corrected chi connectivity index (χ4v) is 2.30. The van der Waals surface area contributed by atoms with Crippen molar-refractivity contribution in [2.24, 2.45) is 0 Å². The van der Waals surface area contributed by atoms with Gasteiger partial charge < -0.3 is 10.4 Å². The van der Waals surface area contributed by atoms with E-state index in [1.807, 2.05) is 0 Å². The maximum absolute atomic E-state index is 11.9. The maximum Gasteiger partial charge on any atom is 0.337 e. The van der Waals surface area contributed by atoms with Gasteiger partial charge in [0.2, 0.25) is 0 Å². The highest BCUT2D eigenvalue weighted by Gasteiger charge is 2.18. The number of pyridine rings is 1. The third kappa shape index (κ3) is 3.54. The van der Waals surface area contributed by atoms with E-state index in [-0.39, 0.29) is 17.2 Å². The van der Waals surface area contributed by atoms with Gasteiger partial charge in [-0.2, -0.15) is 0 Å². The first kappa shape index (κ1) is 14.5. The lowest BCUT2D eigenvalue weighted by Crippen LogP contribution is -2.40. The van der Waals surface area contributed by atoms with E-state index in [4.69, 9.17) is 5.11 Å². The van der Waals surface area contributed by atoms with Gasteiger partial charge in [0, 0.05) is 18.8 Å². The Morgan fingerprint density at radius 1 is 1.40 bits per heavy atom. The van der Waals surface area contributed by atoms with Gasteiger partial charge in [-0.05, 0) is 45.0 Å². The third-order valence-electron chi connectivity index (χ3n) is 3.57. The molecule has 1 unspecified atom stereocenters. The molecule has 0 aliphatic carbocycles. The first-order valence-corrected chi connectivity index (χ1v) is 6.79. The van der Waals surface area contributed by atoms with E-state index < -0.39 is 5.97 Å². The zero-order valence-corrected chi connectivity index (χ0v) is 11.5. The summed E-state index contributed by atoms with van der Waals surface area (Å²) < 4.78 is 0. The Morgan fingerprint density at radius 2 is 2.10 bits per heavy atom. The van der Waals surface area contributed by atoms with Gasteiger partial charge in [-0.3, -0.25) is 14.7 Å². The van der Waals surface area contributed by atoms with Crippen LogP contribution in [0.2, 0.25) is 0 Å². The van der Waals surface area contributed by atoms with Crippen molar-refractivity contribution < 1.29 is 14.7 Å². The molecule has 0 saturated carbocycles. The molecule has 1 atom stereocenters. The SMILES string of the molecule is CC(CNC(=O)c1ccc(C(=O)O)cn1)N1CCCC1. The number of rotatable bonds is 5. The summed E-state index contributed by atoms with van der Waals surface area (Å²) in [5.41, 5.74) is 0.315. The summed E-state index contributed by atoms with van der Waals surface area (Å²) in [4.78, 5) is 28.8. The summed E-state index contributed by atoms with van der Waals surface area (Å²) in [6.45, 7) is 4.83. The monoisotopic (exact) mass is 277 g/mol. The Hall–Kier alpha value is -1.95. The van der Waals surface area contributed by atoms with E-state index in [1.54, 1.807) is 0 Å². The average molecular weight is 277 g/mol. The Labute approximate surface area is 117 Å². The smallest absolute Gasteiger partial charge is 0.337 e. The lowest BCUT2D eigenvalue weighted by Gasteiger charge is -2.23. The summed E-state index contributed by atoms with van der Waals surface area (Å²) in [6, 6.07) is 3.12. The molecule has 0 aromatic carbocycles. The first-order chi connectivity index (χ1) is 9.58. The number of hydrogen-bond acceptors (Lipinski definition) is 4. The minimum Gasteiger partial charge on any atom is -0.478 e. The average Bonchev–Trinajstić information content (AvgIpc) is 2.98. The summed E-state index contributed by atoms with van der Waals surface area (Å²) in [5.74, 6) is -1.32. The van der Waals surface area contributed by atoms with Gasteiger partial charge in [0.25, 0.3) is 5.91 Å². The Morgan fingerprint density at radius 3 is 2.65 bits per heavy atom. The first-order valence-electron chi connectivity index (χ1n) is 6.79. The van der Waals surface area contributed by atoms with E-state index in [0.29, 0.717) is 12.6 Å². The normalized spacial score (nSPS) is 16.9. The predicted octanol–water partition coefficient (Wildman–Crippen LogP) is 0.994. The van der Waals surface area contributed by atoms with Gasteiger partial charge in [-0.25, -0.2) is 4.79 Å². The second-order valence-electron chi connectivity index (χ2n) is 5.04. The van der Waals surface area contributed by atoms with Crippen molar-refractivity contribution in [3.05, 3.63) is 29.6 Å². The molecule has 2 N–H and O–H groups in total. The molecule has 1 amide bonds. The molecule has 6 heteroatoms. The fourth-order valence-electron chi connectivity index (χ4n) is 2.30. The molecule has 0 bridgehead atoms. The molecule has 108 valence electrons. The van der Waals surface area contributed by atoms with Gasteiger partial charge in [0.15, 0.2) is 0 Å². The number of nitrogens with zero attached hydrogens (tertiary/aromatic N) is 2. The van der Waals surface area contributed by atoms with Crippen LogP contribution >= 0.6 is 0 Å². The second kappa shape index (κ2) is 6.47. The van der Waals surface area contributed by atoms with Crippen LogP contribution in [0.25, 0.3) is 0 Å². The Kier molecular flexibility index (Phi) is 4.68. The minimum atomic E-state index is -1.05. The predicted molar refractivity (Wildman–Crippen MR) is 73.8 cm³/mol. The summed E-state index contributed by atoms with van der Waals surface area (Å²) >= 11 is 0. The molecular formula is C14H19N3O3. The van der Waals surface area contributed by atoms with Gasteiger partial charge >= 0.3 is 5.97 Å². The molecule has 1 fully saturated rings. The van der Waals surface area contributed by atoms with E-state index >= 15 is 0 Å². The molecule has 1 aliphatic rings. The van der Waals surface area contributed by atoms with Crippen LogP contribution < -0.4 is 5.32 Å². The zero-order valence-electron chi connectivity index (χ0n) is 11.5. The van der Waals surface area contributed by atoms with Crippen LogP contribution in [0, 0.1) is 0 Å². The standard InChI is InChI=1S/C14H19N3O3/c1-10(17-6-2-3-7-17)8-16-13(18)12-5-4-11(9-15-12)14(19)20/h4-5,9-10H,2-3,6-8H2,1H3,(H,16,18)(H,19,20). The molecule has 20 heavy (non-hydrogen) atoms. The molecule has 1 aromatic rings. The van der Waals surface area contributed by atoms with Crippen molar-refractivity contribution in [2.45, 2.75) is 25.8 Å². The van der Waals surface area contributed by atoms with E-state index in [2.05, 4.69) is 22.1 Å². The van der Waals surface area contributed by atoms with Crippen LogP contribution in [-0.4, -0.2) is 52.5 Å². The fraction of sp³-hybridized carbons (Fsp3) is 0.500. The van der Waals surface area contributed by atoms with Crippen LogP contribution in [0.1, 0.15) is 40.6 Å². The number of carboxylic acids is 1. The van der Waals surface area contributed by atoms with E-state index in [0.717, 1.165) is 13.1 Å². The number of carboxylic acid groups (broad SMARTS) is 1. The van der Waals surface area contributed by atoms with Gasteiger partial charge in [0.1, 0.15) is 5.69 Å². The largest absolute Gasteiger partial charge is 0.478 e. The highest BCUT2D eigenvalue weighted by molar-refractivity contribution is 5.93. The number of carbonyl (C=O) groups excluding carboxylic acids is 1. The molecule has 1 aromatic heterocycles. The van der Waals surface area contributed by atoms with Gasteiger partial charge in [-0.15, -0.1) is 0 Å². The number of nitrogens with one attached hydrogen (secondary N) is 1. The zero-order chi connectivity index (χ0) is 14.5. The van der Waals surface area contributed by atoms with Crippen molar-refractivity contribution >= 4 is 11.9 Å². The highest BCUT2D eigenvalue weighted by Crippen LogP contribution is 2.10. The summed E-state index contributed by atoms with van der Waals surface area (Å²) in [5, 5.41) is 11.6. The van der Waals surface area contributed by atoms with Crippen molar-refractivity contribution in [1.82, 2.24) is 15.2 Å². The van der Waals surface area contributed by atoms with Crippen LogP contribution in [0.4, 0.5) is 0 Å². The van der Waals surface area contributed by atoms with Gasteiger partial charge in [0.05, 0.1) is 5.56 Å². The minimum absolute atomic E-state index is 0.0759. The van der Waals surface area contributed by atoms with Crippen LogP contribution in [-0.2, 0) is 0 Å². The quantitative estimate of drug-likeness (QED) is 0.839. The number of amides is 1. The summed E-state index contributed by atoms with van der Waals surface area (Å²) in [7, 11) is 0. The molecule has 6 nitrogen and oxygen atoms in total. The summed E-state index contributed by atoms with van der Waals surface area (Å²) in [6.07, 6.45) is 3.63. The van der Waals surface area contributed by atoms with E-state index in [1.165, 1.54) is 31.2 Å². The number of likely N-dealkylation sites (tertiary alicyclic amines) is 1. The van der Waals surface area contributed by atoms with Crippen LogP contribution in [0.15, 0.2) is 18.3 Å². The third-order valence-corrected chi connectivity index (χ3v) is 3.57. The van der Waals surface area contributed by atoms with E-state index in [9.17, 15) is 9.59 Å². The van der Waals surface area contributed by atoms with Crippen LogP contribution in [0.5, 0.6) is 0 Å². The van der Waals surface area contributed by atoms with Crippen molar-refractivity contribution in [2.75, 3.05) is 19.6 Å². The molecule has 1 aliphatic heterocycles. The molecule has 0 radical (unpaired) electrons. The topological polar surface area (TPSA) is 82.5 Å². The molecular weight excluding hydrogens is 258 g/mol. The Balaban J connectivity index is 1.86. The van der Waals surface area contributed by atoms with Crippen molar-refractivity contribution in [3.8, 4) is 0 Å². The lowest BCUT2D eigenvalue weighted by molar-refractivity contribution is 0.0695. The highest BCUT2D eigenvalue weighted by atomic mass is 16.4. The Bertz CT molecular complexity index is 481. The number of aromatic nitrogens is 1. The second-order valence-corrected chi connectivity index (χ2v) is 5.04. The molecule has 2 heterocycles. The number of hydrogen-bond donors (Lipinski definition) is 2. The maximum atomic E-state index is 11.9.